The Morgan fingerprint density at radius 1 is 0.938 bits per heavy atom. The Balaban J connectivity index is 1.65. The highest BCUT2D eigenvalue weighted by atomic mass is 35.5. The number of nitrogens with one attached hydrogen (secondary N) is 1. The zero-order valence-electron chi connectivity index (χ0n) is 17.7. The Labute approximate surface area is 189 Å². The van der Waals surface area contributed by atoms with Gasteiger partial charge >= 0.3 is 0 Å². The number of aryl methyl sites for hydroxylation is 1. The van der Waals surface area contributed by atoms with Gasteiger partial charge in [-0.1, -0.05) is 23.7 Å². The van der Waals surface area contributed by atoms with E-state index in [1.165, 1.54) is 14.2 Å². The summed E-state index contributed by atoms with van der Waals surface area (Å²) in [4.78, 5) is 25.7. The zero-order chi connectivity index (χ0) is 22.8. The first-order chi connectivity index (χ1) is 15.4. The van der Waals surface area contributed by atoms with Gasteiger partial charge in [-0.05, 0) is 49.4 Å². The second-order valence-corrected chi connectivity index (χ2v) is 7.51. The van der Waals surface area contributed by atoms with Crippen molar-refractivity contribution in [2.75, 3.05) is 19.5 Å². The van der Waals surface area contributed by atoms with Gasteiger partial charge in [-0.15, -0.1) is 0 Å². The van der Waals surface area contributed by atoms with Crippen LogP contribution in [0.25, 0.3) is 11.0 Å². The van der Waals surface area contributed by atoms with E-state index in [9.17, 15) is 9.59 Å². The maximum Gasteiger partial charge on any atom is 0.257 e. The van der Waals surface area contributed by atoms with Gasteiger partial charge in [0.05, 0.1) is 24.8 Å². The first kappa shape index (κ1) is 21.5. The summed E-state index contributed by atoms with van der Waals surface area (Å²) >= 11 is 6.10. The monoisotopic (exact) mass is 449 g/mol. The van der Waals surface area contributed by atoms with Gasteiger partial charge in [0.2, 0.25) is 5.78 Å². The standard InChI is InChI=1S/C25H20ClNO5/c1-14-17-10-9-16(27-25(29)18-6-4-5-7-19(18)26)13-21(17)32-24(14)23(28)15-8-11-20(30-2)22(12-15)31-3/h4-13H,1-3H3,(H,27,29). The zero-order valence-corrected chi connectivity index (χ0v) is 18.4. The average molecular weight is 450 g/mol. The minimum absolute atomic E-state index is 0.224. The van der Waals surface area contributed by atoms with Crippen LogP contribution >= 0.6 is 11.6 Å². The van der Waals surface area contributed by atoms with Crippen LogP contribution < -0.4 is 14.8 Å². The quantitative estimate of drug-likeness (QED) is 0.371. The number of furan rings is 1. The molecule has 0 bridgehead atoms. The maximum atomic E-state index is 13.1. The number of carbonyl (C=O) groups excluding carboxylic acids is 2. The number of hydrogen-bond acceptors (Lipinski definition) is 5. The van der Waals surface area contributed by atoms with Gasteiger partial charge in [-0.2, -0.15) is 0 Å². The van der Waals surface area contributed by atoms with Crippen LogP contribution in [0.2, 0.25) is 5.02 Å². The van der Waals surface area contributed by atoms with Gasteiger partial charge in [0.1, 0.15) is 5.58 Å². The Kier molecular flexibility index (Phi) is 5.88. The number of ether oxygens (including phenoxy) is 2. The fraction of sp³-hybridized carbons (Fsp3) is 0.120. The molecule has 0 spiro atoms. The number of hydrogen-bond donors (Lipinski definition) is 1. The van der Waals surface area contributed by atoms with Crippen molar-refractivity contribution in [3.05, 3.63) is 88.1 Å². The Hall–Kier alpha value is -3.77. The first-order valence-electron chi connectivity index (χ1n) is 9.78. The molecule has 0 aliphatic rings. The molecule has 0 radical (unpaired) electrons. The van der Waals surface area contributed by atoms with Crippen LogP contribution in [-0.4, -0.2) is 25.9 Å². The van der Waals surface area contributed by atoms with E-state index in [0.29, 0.717) is 44.5 Å². The van der Waals surface area contributed by atoms with E-state index in [1.54, 1.807) is 54.6 Å². The molecule has 0 unspecified atom stereocenters. The fourth-order valence-corrected chi connectivity index (χ4v) is 3.69. The highest BCUT2D eigenvalue weighted by Gasteiger charge is 2.21. The van der Waals surface area contributed by atoms with Gasteiger partial charge < -0.3 is 19.2 Å². The lowest BCUT2D eigenvalue weighted by molar-refractivity contribution is 0.101. The third-order valence-electron chi connectivity index (χ3n) is 5.17. The molecule has 0 atom stereocenters. The van der Waals surface area contributed by atoms with E-state index < -0.39 is 0 Å². The summed E-state index contributed by atoms with van der Waals surface area (Å²) in [6.45, 7) is 1.82. The third kappa shape index (κ3) is 3.92. The van der Waals surface area contributed by atoms with Crippen molar-refractivity contribution in [3.8, 4) is 11.5 Å². The Morgan fingerprint density at radius 2 is 1.69 bits per heavy atom. The normalized spacial score (nSPS) is 10.8. The van der Waals surface area contributed by atoms with Crippen LogP contribution in [0.15, 0.2) is 65.1 Å². The highest BCUT2D eigenvalue weighted by molar-refractivity contribution is 6.34. The molecule has 1 aromatic heterocycles. The minimum atomic E-state index is -0.333. The second-order valence-electron chi connectivity index (χ2n) is 7.10. The van der Waals surface area contributed by atoms with E-state index in [0.717, 1.165) is 5.39 Å². The molecular weight excluding hydrogens is 430 g/mol. The molecule has 0 fully saturated rings. The summed E-state index contributed by atoms with van der Waals surface area (Å²) in [5, 5.41) is 3.96. The van der Waals surface area contributed by atoms with Crippen molar-refractivity contribution in [1.82, 2.24) is 0 Å². The lowest BCUT2D eigenvalue weighted by Gasteiger charge is -2.08. The Bertz CT molecular complexity index is 1340. The van der Waals surface area contributed by atoms with Gasteiger partial charge in [0.15, 0.2) is 17.3 Å². The number of anilines is 1. The molecule has 3 aromatic carbocycles. The molecule has 0 aliphatic heterocycles. The number of ketones is 1. The summed E-state index contributed by atoms with van der Waals surface area (Å²) in [5.74, 6) is 0.601. The van der Waals surface area contributed by atoms with Gasteiger partial charge in [-0.3, -0.25) is 9.59 Å². The summed E-state index contributed by atoms with van der Waals surface area (Å²) in [7, 11) is 3.04. The van der Waals surface area contributed by atoms with Crippen LogP contribution in [-0.2, 0) is 0 Å². The topological polar surface area (TPSA) is 77.8 Å². The number of fused-ring (bicyclic) bond motifs is 1. The van der Waals surface area contributed by atoms with Crippen molar-refractivity contribution >= 4 is 39.9 Å². The van der Waals surface area contributed by atoms with Crippen LogP contribution in [0.1, 0.15) is 32.0 Å². The van der Waals surface area contributed by atoms with Crippen molar-refractivity contribution in [2.45, 2.75) is 6.92 Å². The second kappa shape index (κ2) is 8.77. The molecule has 0 saturated carbocycles. The summed E-state index contributed by atoms with van der Waals surface area (Å²) in [6, 6.07) is 17.0. The van der Waals surface area contributed by atoms with E-state index in [-0.39, 0.29) is 17.5 Å². The number of benzene rings is 3. The molecule has 4 rings (SSSR count). The molecule has 4 aromatic rings. The van der Waals surface area contributed by atoms with Crippen LogP contribution in [0.5, 0.6) is 11.5 Å². The highest BCUT2D eigenvalue weighted by Crippen LogP contribution is 2.32. The van der Waals surface area contributed by atoms with Gasteiger partial charge in [-0.25, -0.2) is 0 Å². The van der Waals surface area contributed by atoms with E-state index in [1.807, 2.05) is 13.0 Å². The first-order valence-corrected chi connectivity index (χ1v) is 10.2. The predicted octanol–water partition coefficient (Wildman–Crippen LogP) is 5.90. The lowest BCUT2D eigenvalue weighted by atomic mass is 10.0. The van der Waals surface area contributed by atoms with E-state index >= 15 is 0 Å². The number of amides is 1. The minimum Gasteiger partial charge on any atom is -0.493 e. The molecular formula is C25H20ClNO5. The maximum absolute atomic E-state index is 13.1. The molecule has 1 N–H and O–H groups in total. The van der Waals surface area contributed by atoms with E-state index in [2.05, 4.69) is 5.32 Å². The fourth-order valence-electron chi connectivity index (χ4n) is 3.47. The molecule has 0 saturated heterocycles. The molecule has 6 nitrogen and oxygen atoms in total. The summed E-state index contributed by atoms with van der Waals surface area (Å²) in [6.07, 6.45) is 0. The smallest absolute Gasteiger partial charge is 0.257 e. The average Bonchev–Trinajstić information content (AvgIpc) is 3.13. The molecule has 32 heavy (non-hydrogen) atoms. The van der Waals surface area contributed by atoms with E-state index in [4.69, 9.17) is 25.5 Å². The molecule has 7 heteroatoms. The number of carbonyl (C=O) groups is 2. The predicted molar refractivity (Wildman–Crippen MR) is 123 cm³/mol. The largest absolute Gasteiger partial charge is 0.493 e. The van der Waals surface area contributed by atoms with Gasteiger partial charge in [0, 0.05) is 28.3 Å². The van der Waals surface area contributed by atoms with Gasteiger partial charge in [0.25, 0.3) is 5.91 Å². The van der Waals surface area contributed by atoms with Crippen molar-refractivity contribution < 1.29 is 23.5 Å². The molecule has 1 heterocycles. The third-order valence-corrected chi connectivity index (χ3v) is 5.50. The molecule has 1 amide bonds. The lowest BCUT2D eigenvalue weighted by Crippen LogP contribution is -2.12. The van der Waals surface area contributed by atoms with Crippen molar-refractivity contribution in [2.24, 2.45) is 0 Å². The van der Waals surface area contributed by atoms with Crippen LogP contribution in [0.4, 0.5) is 5.69 Å². The number of methoxy groups -OCH3 is 2. The number of rotatable bonds is 6. The van der Waals surface area contributed by atoms with Crippen molar-refractivity contribution in [3.63, 3.8) is 0 Å². The number of halogens is 1. The van der Waals surface area contributed by atoms with Crippen LogP contribution in [0.3, 0.4) is 0 Å². The molecule has 0 aliphatic carbocycles. The SMILES string of the molecule is COc1ccc(C(=O)c2oc3cc(NC(=O)c4ccccc4Cl)ccc3c2C)cc1OC. The Morgan fingerprint density at radius 3 is 2.41 bits per heavy atom. The van der Waals surface area contributed by atoms with Crippen molar-refractivity contribution in [1.29, 1.82) is 0 Å². The summed E-state index contributed by atoms with van der Waals surface area (Å²) in [5.41, 5.74) is 2.51. The molecule has 162 valence electrons. The summed E-state index contributed by atoms with van der Waals surface area (Å²) < 4.78 is 16.4. The van der Waals surface area contributed by atoms with Crippen LogP contribution in [0, 0.1) is 6.92 Å².